The van der Waals surface area contributed by atoms with E-state index in [0.29, 0.717) is 36.3 Å². The molecule has 0 saturated carbocycles. The molecule has 1 aliphatic heterocycles. The van der Waals surface area contributed by atoms with Gasteiger partial charge in [0.15, 0.2) is 0 Å². The Hall–Kier alpha value is -3.63. The van der Waals surface area contributed by atoms with Crippen LogP contribution in [0.3, 0.4) is 0 Å². The molecule has 0 bridgehead atoms. The van der Waals surface area contributed by atoms with E-state index in [9.17, 15) is 9.59 Å². The Labute approximate surface area is 250 Å². The van der Waals surface area contributed by atoms with Gasteiger partial charge in [0.25, 0.3) is 5.91 Å². The van der Waals surface area contributed by atoms with Gasteiger partial charge in [0.2, 0.25) is 0 Å². The van der Waals surface area contributed by atoms with Crippen LogP contribution in [0.5, 0.6) is 5.75 Å². The van der Waals surface area contributed by atoms with Crippen molar-refractivity contribution in [1.82, 2.24) is 14.7 Å². The molecule has 11 heteroatoms. The number of hydrogen-bond donors (Lipinski definition) is 1. The number of ether oxygens (including phenoxy) is 1. The number of aliphatic carboxylic acids is 1. The molecule has 1 aromatic heterocycles. The third-order valence-electron chi connectivity index (χ3n) is 6.01. The smallest absolute Gasteiger partial charge is 0.305 e. The molecule has 1 N–H and O–H groups in total. The molecule has 2 heterocycles. The SMILES string of the molecule is O=C(O)CCN1C(=O)C(=Cc2cn(-c3ccccc3)nc2-c2ccc(OCc3ccc(Cl)cc3Cl)cc2)SC1=S. The van der Waals surface area contributed by atoms with Crippen LogP contribution in [0, 0.1) is 0 Å². The summed E-state index contributed by atoms with van der Waals surface area (Å²) in [6, 6.07) is 22.4. The van der Waals surface area contributed by atoms with Crippen LogP contribution in [0.4, 0.5) is 0 Å². The van der Waals surface area contributed by atoms with Crippen molar-refractivity contribution in [2.75, 3.05) is 6.54 Å². The van der Waals surface area contributed by atoms with Gasteiger partial charge in [-0.25, -0.2) is 4.68 Å². The second kappa shape index (κ2) is 12.3. The molecule has 0 radical (unpaired) electrons. The number of thiocarbonyl (C=S) groups is 1. The van der Waals surface area contributed by atoms with E-state index in [1.165, 1.54) is 4.90 Å². The highest BCUT2D eigenvalue weighted by molar-refractivity contribution is 8.26. The van der Waals surface area contributed by atoms with Gasteiger partial charge in [0.05, 0.1) is 22.7 Å². The maximum Gasteiger partial charge on any atom is 0.305 e. The Bertz CT molecular complexity index is 1620. The normalized spacial score (nSPS) is 14.2. The summed E-state index contributed by atoms with van der Waals surface area (Å²) in [7, 11) is 0. The molecule has 1 aliphatic rings. The van der Waals surface area contributed by atoms with E-state index >= 15 is 0 Å². The zero-order valence-corrected chi connectivity index (χ0v) is 23.9. The van der Waals surface area contributed by atoms with Crippen LogP contribution in [0.1, 0.15) is 17.5 Å². The Morgan fingerprint density at radius 3 is 2.52 bits per heavy atom. The largest absolute Gasteiger partial charge is 0.489 e. The molecule has 40 heavy (non-hydrogen) atoms. The minimum Gasteiger partial charge on any atom is -0.489 e. The number of amides is 1. The van der Waals surface area contributed by atoms with Gasteiger partial charge >= 0.3 is 5.97 Å². The molecular weight excluding hydrogens is 589 g/mol. The summed E-state index contributed by atoms with van der Waals surface area (Å²) in [5, 5.41) is 14.9. The van der Waals surface area contributed by atoms with Crippen LogP contribution in [-0.2, 0) is 16.2 Å². The van der Waals surface area contributed by atoms with Crippen molar-refractivity contribution < 1.29 is 19.4 Å². The lowest BCUT2D eigenvalue weighted by Crippen LogP contribution is -2.30. The summed E-state index contributed by atoms with van der Waals surface area (Å²) in [4.78, 5) is 25.8. The number of carbonyl (C=O) groups excluding carboxylic acids is 1. The first kappa shape index (κ1) is 27.9. The second-order valence-corrected chi connectivity index (χ2v) is 11.3. The Morgan fingerprint density at radius 1 is 1.07 bits per heavy atom. The van der Waals surface area contributed by atoms with Crippen LogP contribution in [0.2, 0.25) is 10.0 Å². The van der Waals surface area contributed by atoms with Crippen molar-refractivity contribution in [2.24, 2.45) is 0 Å². The number of benzene rings is 3. The molecule has 0 spiro atoms. The first-order valence-electron chi connectivity index (χ1n) is 12.1. The van der Waals surface area contributed by atoms with Gasteiger partial charge in [-0.2, -0.15) is 5.10 Å². The lowest BCUT2D eigenvalue weighted by molar-refractivity contribution is -0.137. The van der Waals surface area contributed by atoms with E-state index in [2.05, 4.69) is 0 Å². The first-order chi connectivity index (χ1) is 19.3. The Balaban J connectivity index is 1.43. The van der Waals surface area contributed by atoms with Gasteiger partial charge in [-0.3, -0.25) is 14.5 Å². The van der Waals surface area contributed by atoms with Crippen molar-refractivity contribution in [3.05, 3.63) is 105 Å². The molecule has 0 atom stereocenters. The van der Waals surface area contributed by atoms with Crippen LogP contribution >= 0.6 is 47.2 Å². The van der Waals surface area contributed by atoms with Crippen molar-refractivity contribution in [2.45, 2.75) is 13.0 Å². The van der Waals surface area contributed by atoms with Gasteiger partial charge < -0.3 is 9.84 Å². The van der Waals surface area contributed by atoms with Gasteiger partial charge in [-0.1, -0.05) is 71.4 Å². The number of aromatic nitrogens is 2. The number of hydrogen-bond acceptors (Lipinski definition) is 6. The second-order valence-electron chi connectivity index (χ2n) is 8.74. The number of carbonyl (C=O) groups is 2. The number of nitrogens with zero attached hydrogens (tertiary/aromatic N) is 3. The highest BCUT2D eigenvalue weighted by Crippen LogP contribution is 2.35. The molecule has 0 unspecified atom stereocenters. The highest BCUT2D eigenvalue weighted by atomic mass is 35.5. The third kappa shape index (κ3) is 6.39. The average Bonchev–Trinajstić information content (AvgIpc) is 3.48. The van der Waals surface area contributed by atoms with Gasteiger partial charge in [0, 0.05) is 39.5 Å². The summed E-state index contributed by atoms with van der Waals surface area (Å²) in [5.74, 6) is -0.662. The fraction of sp³-hybridized carbons (Fsp3) is 0.103. The molecule has 1 amide bonds. The van der Waals surface area contributed by atoms with Gasteiger partial charge in [0.1, 0.15) is 16.7 Å². The summed E-state index contributed by atoms with van der Waals surface area (Å²) < 4.78 is 8.00. The van der Waals surface area contributed by atoms with Gasteiger partial charge in [-0.15, -0.1) is 0 Å². The number of thioether (sulfide) groups is 1. The van der Waals surface area contributed by atoms with E-state index in [1.54, 1.807) is 22.9 Å². The Kier molecular flexibility index (Phi) is 8.56. The fourth-order valence-electron chi connectivity index (χ4n) is 3.98. The minimum absolute atomic E-state index is 0.0240. The number of carboxylic acid groups (broad SMARTS) is 1. The molecule has 1 saturated heterocycles. The molecule has 1 fully saturated rings. The van der Waals surface area contributed by atoms with E-state index < -0.39 is 5.97 Å². The van der Waals surface area contributed by atoms with E-state index in [-0.39, 0.29) is 25.5 Å². The third-order valence-corrected chi connectivity index (χ3v) is 7.97. The summed E-state index contributed by atoms with van der Waals surface area (Å²) in [6.07, 6.45) is 3.41. The lowest BCUT2D eigenvalue weighted by Gasteiger charge is -2.12. The monoisotopic (exact) mass is 609 g/mol. The number of carboxylic acids is 1. The van der Waals surface area contributed by atoms with Crippen molar-refractivity contribution in [3.8, 4) is 22.7 Å². The zero-order valence-electron chi connectivity index (χ0n) is 20.8. The molecule has 7 nitrogen and oxygen atoms in total. The summed E-state index contributed by atoms with van der Waals surface area (Å²) in [6.45, 7) is 0.309. The highest BCUT2D eigenvalue weighted by Gasteiger charge is 2.32. The first-order valence-corrected chi connectivity index (χ1v) is 14.1. The average molecular weight is 611 g/mol. The summed E-state index contributed by atoms with van der Waals surface area (Å²) >= 11 is 18.7. The van der Waals surface area contributed by atoms with Crippen molar-refractivity contribution in [3.63, 3.8) is 0 Å². The quantitative estimate of drug-likeness (QED) is 0.160. The van der Waals surface area contributed by atoms with E-state index in [1.807, 2.05) is 66.9 Å². The van der Waals surface area contributed by atoms with Crippen LogP contribution in [0.15, 0.2) is 83.9 Å². The molecule has 202 valence electrons. The van der Waals surface area contributed by atoms with Crippen molar-refractivity contribution >= 4 is 69.5 Å². The zero-order chi connectivity index (χ0) is 28.2. The number of rotatable bonds is 9. The van der Waals surface area contributed by atoms with Crippen LogP contribution in [0.25, 0.3) is 23.0 Å². The predicted molar refractivity (Wildman–Crippen MR) is 162 cm³/mol. The molecule has 5 rings (SSSR count). The predicted octanol–water partition coefficient (Wildman–Crippen LogP) is 7.10. The van der Waals surface area contributed by atoms with E-state index in [4.69, 9.17) is 50.4 Å². The Morgan fingerprint density at radius 2 is 1.82 bits per heavy atom. The van der Waals surface area contributed by atoms with Gasteiger partial charge in [-0.05, 0) is 54.6 Å². The van der Waals surface area contributed by atoms with E-state index in [0.717, 1.165) is 28.6 Å². The fourth-order valence-corrected chi connectivity index (χ4v) is 5.74. The molecule has 4 aromatic rings. The minimum atomic E-state index is -0.992. The maximum atomic E-state index is 13.0. The molecule has 0 aliphatic carbocycles. The topological polar surface area (TPSA) is 84.7 Å². The standard InChI is InChI=1S/C29H21Cl2N3O4S2/c30-21-9-6-19(24(31)15-21)17-38-23-10-7-18(8-11-23)27-20(16-34(32-27)22-4-2-1-3-5-22)14-25-28(37)33(29(39)40-25)13-12-26(35)36/h1-11,14-16H,12-13,17H2,(H,35,36). The number of halogens is 2. The molecular formula is C29H21Cl2N3O4S2. The van der Waals surface area contributed by atoms with Crippen LogP contribution < -0.4 is 4.74 Å². The van der Waals surface area contributed by atoms with Crippen molar-refractivity contribution in [1.29, 1.82) is 0 Å². The summed E-state index contributed by atoms with van der Waals surface area (Å²) in [5.41, 5.74) is 3.87. The maximum absolute atomic E-state index is 13.0. The number of para-hydroxylation sites is 1. The van der Waals surface area contributed by atoms with Crippen LogP contribution in [-0.4, -0.2) is 42.5 Å². The lowest BCUT2D eigenvalue weighted by atomic mass is 10.1. The molecule has 3 aromatic carbocycles.